The third-order valence-electron chi connectivity index (χ3n) is 9.35. The van der Waals surface area contributed by atoms with E-state index in [1.165, 1.54) is 12.5 Å². The summed E-state index contributed by atoms with van der Waals surface area (Å²) in [6, 6.07) is 0. The van der Waals surface area contributed by atoms with E-state index < -0.39 is 53.3 Å². The first-order chi connectivity index (χ1) is 25.8. The second-order valence-electron chi connectivity index (χ2n) is 14.2. The highest BCUT2D eigenvalue weighted by atomic mass is 16.6. The lowest BCUT2D eigenvalue weighted by atomic mass is 9.79. The summed E-state index contributed by atoms with van der Waals surface area (Å²) >= 11 is 0. The molecule has 0 aliphatic carbocycles. The molecule has 54 heavy (non-hydrogen) atoms. The van der Waals surface area contributed by atoms with Crippen molar-refractivity contribution in [1.29, 1.82) is 0 Å². The third kappa shape index (κ3) is 11.8. The van der Waals surface area contributed by atoms with Crippen LogP contribution in [0.5, 0.6) is 0 Å². The molecule has 12 nitrogen and oxygen atoms in total. The van der Waals surface area contributed by atoms with Gasteiger partial charge in [-0.3, -0.25) is 0 Å². The lowest BCUT2D eigenvalue weighted by Gasteiger charge is -2.36. The zero-order valence-corrected chi connectivity index (χ0v) is 31.6. The molecule has 0 saturated carbocycles. The van der Waals surface area contributed by atoms with Gasteiger partial charge in [-0.1, -0.05) is 119 Å². The number of aliphatic hydroxyl groups is 3. The van der Waals surface area contributed by atoms with Gasteiger partial charge >= 0.3 is 11.9 Å². The van der Waals surface area contributed by atoms with Gasteiger partial charge < -0.3 is 38.4 Å². The molecule has 4 rings (SSSR count). The molecule has 4 bridgehead atoms. The fourth-order valence-corrected chi connectivity index (χ4v) is 5.53. The molecule has 5 unspecified atom stereocenters. The van der Waals surface area contributed by atoms with Crippen molar-refractivity contribution in [2.75, 3.05) is 0 Å². The van der Waals surface area contributed by atoms with Gasteiger partial charge in [-0.05, 0) is 13.8 Å². The Morgan fingerprint density at radius 2 is 1.28 bits per heavy atom. The van der Waals surface area contributed by atoms with E-state index in [9.17, 15) is 24.9 Å². The lowest BCUT2D eigenvalue weighted by molar-refractivity contribution is -0.0461. The van der Waals surface area contributed by atoms with Crippen molar-refractivity contribution in [3.05, 3.63) is 127 Å². The Hall–Kier alpha value is -4.88. The summed E-state index contributed by atoms with van der Waals surface area (Å²) in [6.07, 6.45) is 26.2. The van der Waals surface area contributed by atoms with Gasteiger partial charge in [0.2, 0.25) is 5.89 Å². The van der Waals surface area contributed by atoms with Crippen LogP contribution in [0.3, 0.4) is 0 Å². The molecule has 2 aromatic heterocycles. The highest BCUT2D eigenvalue weighted by Crippen LogP contribution is 2.34. The number of oxazole rings is 2. The predicted octanol–water partition coefficient (Wildman–Crippen LogP) is 6.60. The standard InChI is InChI=1S/C42H52N2O10/c1-7-17-33(46)41(3,4)35-22-13-11-9-10-12-19-28(45)25-38-44-30(27-51-38)40(49)54-36(42(5,6)34(47)18-8-2)23-16-21-32-31(52-32)20-14-15-24-37-43-29(26-50-37)39(48)53-35/h7-21,24,26-28,31-36,45-47H,22-23,25H2,1-6H3/b10-9-,13-11-,17-7+,18-8+,19-12+,20-14+,21-16-,24-15+/t28?,31-,32+,33?,34?,35?,36?/m0/s1. The van der Waals surface area contributed by atoms with E-state index in [1.54, 1.807) is 86.8 Å². The number of hydrogen-bond donors (Lipinski definition) is 3. The number of cyclic esters (lactones) is 2. The molecule has 12 heteroatoms. The van der Waals surface area contributed by atoms with Gasteiger partial charge in [-0.25, -0.2) is 19.6 Å². The minimum Gasteiger partial charge on any atom is -0.457 e. The number of esters is 2. The van der Waals surface area contributed by atoms with Crippen LogP contribution in [0.2, 0.25) is 0 Å². The molecule has 4 heterocycles. The SMILES string of the molecule is C/C=C/C(O)C(C)(C)C1C\C=C/C=C\C=C\C(O)Cc2nc(co2)C(=O)OC(C(C)(C)C(O)/C=C/C)C/C=C\[C@H]2O[C@H]2/C=C/C=C/c2nc(co2)C(=O)O1. The Kier molecular flexibility index (Phi) is 15.1. The van der Waals surface area contributed by atoms with Crippen LogP contribution in [0.4, 0.5) is 0 Å². The van der Waals surface area contributed by atoms with Crippen LogP contribution < -0.4 is 0 Å². The van der Waals surface area contributed by atoms with Crippen LogP contribution in [0.25, 0.3) is 6.08 Å². The van der Waals surface area contributed by atoms with E-state index in [2.05, 4.69) is 9.97 Å². The van der Waals surface area contributed by atoms with E-state index in [0.717, 1.165) is 0 Å². The summed E-state index contributed by atoms with van der Waals surface area (Å²) in [6.45, 7) is 10.9. The van der Waals surface area contributed by atoms with Gasteiger partial charge in [-0.15, -0.1) is 0 Å². The van der Waals surface area contributed by atoms with Gasteiger partial charge in [0.15, 0.2) is 17.3 Å². The largest absolute Gasteiger partial charge is 0.457 e. The number of carbonyl (C=O) groups excluding carboxylic acids is 2. The summed E-state index contributed by atoms with van der Waals surface area (Å²) in [7, 11) is 0. The van der Waals surface area contributed by atoms with E-state index in [1.807, 2.05) is 52.0 Å². The molecule has 2 aromatic rings. The number of fused-ring (bicyclic) bond motifs is 5. The first-order valence-electron chi connectivity index (χ1n) is 18.0. The van der Waals surface area contributed by atoms with Gasteiger partial charge in [0.25, 0.3) is 0 Å². The normalized spacial score (nSPS) is 28.6. The highest BCUT2D eigenvalue weighted by molar-refractivity contribution is 5.87. The summed E-state index contributed by atoms with van der Waals surface area (Å²) in [5.74, 6) is -1.04. The van der Waals surface area contributed by atoms with E-state index in [-0.39, 0.29) is 41.8 Å². The Morgan fingerprint density at radius 1 is 0.722 bits per heavy atom. The van der Waals surface area contributed by atoms with Crippen LogP contribution >= 0.6 is 0 Å². The maximum atomic E-state index is 13.2. The molecular weight excluding hydrogens is 692 g/mol. The molecule has 0 amide bonds. The third-order valence-corrected chi connectivity index (χ3v) is 9.35. The summed E-state index contributed by atoms with van der Waals surface area (Å²) in [5.41, 5.74) is -1.77. The number of epoxide rings is 1. The molecule has 0 spiro atoms. The summed E-state index contributed by atoms with van der Waals surface area (Å²) < 4.78 is 28.5. The molecular formula is C42H52N2O10. The average Bonchev–Trinajstić information content (AvgIpc) is 3.45. The predicted molar refractivity (Wildman–Crippen MR) is 203 cm³/mol. The average molecular weight is 745 g/mol. The quantitative estimate of drug-likeness (QED) is 0.164. The van der Waals surface area contributed by atoms with Crippen molar-refractivity contribution in [2.24, 2.45) is 10.8 Å². The van der Waals surface area contributed by atoms with Crippen molar-refractivity contribution in [3.63, 3.8) is 0 Å². The topological polar surface area (TPSA) is 178 Å². The van der Waals surface area contributed by atoms with E-state index >= 15 is 0 Å². The number of allylic oxidation sites excluding steroid dienone is 8. The zero-order chi connectivity index (χ0) is 39.3. The van der Waals surface area contributed by atoms with E-state index in [0.29, 0.717) is 12.8 Å². The first-order valence-corrected chi connectivity index (χ1v) is 18.0. The summed E-state index contributed by atoms with van der Waals surface area (Å²) in [5, 5.41) is 32.3. The molecule has 290 valence electrons. The number of ether oxygens (including phenoxy) is 3. The Balaban J connectivity index is 1.56. The van der Waals surface area contributed by atoms with Gasteiger partial charge in [0.05, 0.1) is 24.7 Å². The van der Waals surface area contributed by atoms with Crippen molar-refractivity contribution >= 4 is 18.0 Å². The monoisotopic (exact) mass is 744 g/mol. The molecule has 2 aliphatic rings. The second-order valence-corrected chi connectivity index (χ2v) is 14.2. The van der Waals surface area contributed by atoms with Crippen molar-refractivity contribution in [3.8, 4) is 0 Å². The fourth-order valence-electron chi connectivity index (χ4n) is 5.53. The molecule has 0 aromatic carbocycles. The Labute approximate surface area is 316 Å². The molecule has 1 saturated heterocycles. The van der Waals surface area contributed by atoms with E-state index in [4.69, 9.17) is 23.0 Å². The number of aromatic nitrogens is 2. The number of rotatable bonds is 6. The maximum absolute atomic E-state index is 13.2. The number of nitrogens with zero attached hydrogens (tertiary/aromatic N) is 2. The molecule has 2 aliphatic heterocycles. The van der Waals surface area contributed by atoms with Crippen LogP contribution in [-0.2, 0) is 20.6 Å². The lowest BCUT2D eigenvalue weighted by Crippen LogP contribution is -2.42. The zero-order valence-electron chi connectivity index (χ0n) is 31.6. The van der Waals surface area contributed by atoms with Gasteiger partial charge in [-0.2, -0.15) is 0 Å². The molecule has 1 fully saturated rings. The van der Waals surface area contributed by atoms with Crippen molar-refractivity contribution < 1.29 is 48.0 Å². The minimum atomic E-state index is -0.956. The summed E-state index contributed by atoms with van der Waals surface area (Å²) in [4.78, 5) is 34.9. The Morgan fingerprint density at radius 3 is 1.93 bits per heavy atom. The molecule has 0 radical (unpaired) electrons. The van der Waals surface area contributed by atoms with Crippen LogP contribution in [0.15, 0.2) is 113 Å². The van der Waals surface area contributed by atoms with Crippen LogP contribution in [0.1, 0.15) is 87.1 Å². The van der Waals surface area contributed by atoms with Crippen LogP contribution in [0, 0.1) is 10.8 Å². The van der Waals surface area contributed by atoms with Crippen molar-refractivity contribution in [2.45, 2.75) is 104 Å². The maximum Gasteiger partial charge on any atom is 0.360 e. The fraction of sp³-hybridized carbons (Fsp3) is 0.429. The highest BCUT2D eigenvalue weighted by Gasteiger charge is 2.40. The molecule has 3 N–H and O–H groups in total. The minimum absolute atomic E-state index is 0.00530. The second kappa shape index (κ2) is 19.4. The number of aliphatic hydroxyl groups excluding tert-OH is 3. The smallest absolute Gasteiger partial charge is 0.360 e. The van der Waals surface area contributed by atoms with Crippen molar-refractivity contribution in [1.82, 2.24) is 9.97 Å². The molecule has 7 atom stereocenters. The Bertz CT molecular complexity index is 1790. The first kappa shape index (κ1) is 41.9. The number of hydrogen-bond acceptors (Lipinski definition) is 12. The van der Waals surface area contributed by atoms with Gasteiger partial charge in [0, 0.05) is 29.7 Å². The van der Waals surface area contributed by atoms with Gasteiger partial charge in [0.1, 0.15) is 36.9 Å². The van der Waals surface area contributed by atoms with Crippen LogP contribution in [-0.4, -0.2) is 80.0 Å². The number of carbonyl (C=O) groups is 2.